The number of nitrogens with zero attached hydrogens (tertiary/aromatic N) is 2. The number of carbonyl (C=O) groups is 1. The number of nitrogens with one attached hydrogen (secondary N) is 1. The van der Waals surface area contributed by atoms with E-state index in [1.165, 1.54) is 6.20 Å². The summed E-state index contributed by atoms with van der Waals surface area (Å²) in [5.74, 6) is 0. The average Bonchev–Trinajstić information content (AvgIpc) is 2.80. The second-order valence-electron chi connectivity index (χ2n) is 3.97. The van der Waals surface area contributed by atoms with E-state index in [4.69, 9.17) is 16.7 Å². The largest absolute Gasteiger partial charge is 0.394 e. The van der Waals surface area contributed by atoms with Gasteiger partial charge in [-0.25, -0.2) is 9.78 Å². The molecule has 1 fully saturated rings. The molecular weight excluding hydrogens is 242 g/mol. The molecule has 2 heterocycles. The van der Waals surface area contributed by atoms with Crippen LogP contribution in [0.4, 0.5) is 10.5 Å². The fourth-order valence-electron chi connectivity index (χ4n) is 1.94. The number of carbonyl (C=O) groups excluding carboxylic acids is 1. The van der Waals surface area contributed by atoms with Crippen molar-refractivity contribution < 1.29 is 9.90 Å². The van der Waals surface area contributed by atoms with Crippen LogP contribution in [0, 0.1) is 0 Å². The van der Waals surface area contributed by atoms with E-state index >= 15 is 0 Å². The van der Waals surface area contributed by atoms with Crippen molar-refractivity contribution in [3.05, 3.63) is 23.5 Å². The molecule has 0 aromatic carbocycles. The van der Waals surface area contributed by atoms with Crippen LogP contribution in [-0.2, 0) is 0 Å². The monoisotopic (exact) mass is 255 g/mol. The van der Waals surface area contributed by atoms with Crippen molar-refractivity contribution in [3.8, 4) is 0 Å². The summed E-state index contributed by atoms with van der Waals surface area (Å²) in [5.41, 5.74) is 0.600. The molecule has 92 valence electrons. The highest BCUT2D eigenvalue weighted by molar-refractivity contribution is 6.29. The van der Waals surface area contributed by atoms with Crippen molar-refractivity contribution in [2.75, 3.05) is 18.5 Å². The number of amides is 2. The van der Waals surface area contributed by atoms with E-state index in [1.807, 2.05) is 0 Å². The van der Waals surface area contributed by atoms with Crippen LogP contribution in [0.25, 0.3) is 0 Å². The molecule has 1 aliphatic rings. The lowest BCUT2D eigenvalue weighted by atomic mass is 10.2. The quantitative estimate of drug-likeness (QED) is 0.791. The predicted molar refractivity (Wildman–Crippen MR) is 65.1 cm³/mol. The third kappa shape index (κ3) is 2.87. The molecular formula is C11H14ClN3O2. The number of urea groups is 1. The van der Waals surface area contributed by atoms with Gasteiger partial charge >= 0.3 is 6.03 Å². The SMILES string of the molecule is O=C(Nc1ccc(Cl)nc1)N1CCC[C@H]1CO. The molecule has 1 aliphatic heterocycles. The van der Waals surface area contributed by atoms with Gasteiger partial charge in [-0.1, -0.05) is 11.6 Å². The van der Waals surface area contributed by atoms with Gasteiger partial charge in [0.25, 0.3) is 0 Å². The van der Waals surface area contributed by atoms with E-state index in [-0.39, 0.29) is 18.7 Å². The summed E-state index contributed by atoms with van der Waals surface area (Å²) in [6.45, 7) is 0.685. The number of aliphatic hydroxyl groups is 1. The maximum Gasteiger partial charge on any atom is 0.322 e. The molecule has 5 nitrogen and oxygen atoms in total. The number of halogens is 1. The molecule has 0 aliphatic carbocycles. The number of hydrogen-bond acceptors (Lipinski definition) is 3. The Balaban J connectivity index is 1.99. The van der Waals surface area contributed by atoms with Crippen molar-refractivity contribution in [2.24, 2.45) is 0 Å². The number of likely N-dealkylation sites (tertiary alicyclic amines) is 1. The van der Waals surface area contributed by atoms with Gasteiger partial charge in [-0.2, -0.15) is 0 Å². The zero-order chi connectivity index (χ0) is 12.3. The number of anilines is 1. The third-order valence-electron chi connectivity index (χ3n) is 2.83. The smallest absolute Gasteiger partial charge is 0.322 e. The Morgan fingerprint density at radius 1 is 1.65 bits per heavy atom. The molecule has 2 N–H and O–H groups in total. The van der Waals surface area contributed by atoms with E-state index in [1.54, 1.807) is 17.0 Å². The van der Waals surface area contributed by atoms with Crippen LogP contribution in [-0.4, -0.2) is 40.2 Å². The Bertz CT molecular complexity index is 396. The van der Waals surface area contributed by atoms with Crippen LogP contribution in [0.2, 0.25) is 5.15 Å². The third-order valence-corrected chi connectivity index (χ3v) is 3.05. The van der Waals surface area contributed by atoms with E-state index in [0.717, 1.165) is 12.8 Å². The Labute approximate surface area is 104 Å². The zero-order valence-corrected chi connectivity index (χ0v) is 10.0. The van der Waals surface area contributed by atoms with Crippen LogP contribution >= 0.6 is 11.6 Å². The van der Waals surface area contributed by atoms with Crippen LogP contribution in [0.1, 0.15) is 12.8 Å². The van der Waals surface area contributed by atoms with E-state index in [9.17, 15) is 4.79 Å². The van der Waals surface area contributed by atoms with E-state index < -0.39 is 0 Å². The molecule has 0 unspecified atom stereocenters. The van der Waals surface area contributed by atoms with Gasteiger partial charge in [0.1, 0.15) is 5.15 Å². The molecule has 1 atom stereocenters. The first kappa shape index (κ1) is 12.1. The van der Waals surface area contributed by atoms with Crippen molar-refractivity contribution >= 4 is 23.3 Å². The molecule has 17 heavy (non-hydrogen) atoms. The van der Waals surface area contributed by atoms with E-state index in [2.05, 4.69) is 10.3 Å². The lowest BCUT2D eigenvalue weighted by molar-refractivity contribution is 0.166. The summed E-state index contributed by atoms with van der Waals surface area (Å²) in [7, 11) is 0. The second-order valence-corrected chi connectivity index (χ2v) is 4.36. The minimum absolute atomic E-state index is 0.00624. The maximum absolute atomic E-state index is 11.9. The Kier molecular flexibility index (Phi) is 3.81. The topological polar surface area (TPSA) is 65.5 Å². The molecule has 2 rings (SSSR count). The average molecular weight is 256 g/mol. The number of aromatic nitrogens is 1. The Hall–Kier alpha value is -1.33. The van der Waals surface area contributed by atoms with Crippen LogP contribution in [0.3, 0.4) is 0 Å². The summed E-state index contributed by atoms with van der Waals surface area (Å²) in [6, 6.07) is 3.03. The molecule has 2 amide bonds. The molecule has 6 heteroatoms. The molecule has 1 aromatic rings. The van der Waals surface area contributed by atoms with Crippen molar-refractivity contribution in [2.45, 2.75) is 18.9 Å². The van der Waals surface area contributed by atoms with Gasteiger partial charge in [0.05, 0.1) is 24.5 Å². The normalized spacial score (nSPS) is 19.4. The number of pyridine rings is 1. The summed E-state index contributed by atoms with van der Waals surface area (Å²) in [5, 5.41) is 12.3. The van der Waals surface area contributed by atoms with Crippen LogP contribution in [0.15, 0.2) is 18.3 Å². The lowest BCUT2D eigenvalue weighted by Gasteiger charge is -2.23. The molecule has 1 saturated heterocycles. The summed E-state index contributed by atoms with van der Waals surface area (Å²) in [4.78, 5) is 17.4. The highest BCUT2D eigenvalue weighted by Crippen LogP contribution is 2.18. The fraction of sp³-hybridized carbons (Fsp3) is 0.455. The number of aliphatic hydroxyl groups excluding tert-OH is 1. The van der Waals surface area contributed by atoms with Crippen LogP contribution in [0.5, 0.6) is 0 Å². The van der Waals surface area contributed by atoms with Gasteiger partial charge in [0.15, 0.2) is 0 Å². The molecule has 0 radical (unpaired) electrons. The van der Waals surface area contributed by atoms with Gasteiger partial charge in [-0.15, -0.1) is 0 Å². The lowest BCUT2D eigenvalue weighted by Crippen LogP contribution is -2.40. The summed E-state index contributed by atoms with van der Waals surface area (Å²) < 4.78 is 0. The van der Waals surface area contributed by atoms with Crippen molar-refractivity contribution in [1.29, 1.82) is 0 Å². The second kappa shape index (κ2) is 5.33. The first-order valence-corrected chi connectivity index (χ1v) is 5.88. The van der Waals surface area contributed by atoms with Gasteiger partial charge in [0.2, 0.25) is 0 Å². The van der Waals surface area contributed by atoms with Gasteiger partial charge in [-0.3, -0.25) is 0 Å². The predicted octanol–water partition coefficient (Wildman–Crippen LogP) is 1.72. The van der Waals surface area contributed by atoms with Crippen molar-refractivity contribution in [3.63, 3.8) is 0 Å². The van der Waals surface area contributed by atoms with Gasteiger partial charge < -0.3 is 15.3 Å². The summed E-state index contributed by atoms with van der Waals surface area (Å²) in [6.07, 6.45) is 3.28. The highest BCUT2D eigenvalue weighted by Gasteiger charge is 2.27. The fourth-order valence-corrected chi connectivity index (χ4v) is 2.05. The van der Waals surface area contributed by atoms with Gasteiger partial charge in [-0.05, 0) is 25.0 Å². The van der Waals surface area contributed by atoms with Crippen molar-refractivity contribution in [1.82, 2.24) is 9.88 Å². The van der Waals surface area contributed by atoms with Crippen LogP contribution < -0.4 is 5.32 Å². The minimum atomic E-state index is -0.203. The maximum atomic E-state index is 11.9. The number of rotatable bonds is 2. The Morgan fingerprint density at radius 2 is 2.47 bits per heavy atom. The molecule has 1 aromatic heterocycles. The first-order valence-electron chi connectivity index (χ1n) is 5.51. The zero-order valence-electron chi connectivity index (χ0n) is 9.27. The molecule has 0 spiro atoms. The number of hydrogen-bond donors (Lipinski definition) is 2. The summed E-state index contributed by atoms with van der Waals surface area (Å²) >= 11 is 5.65. The standard InChI is InChI=1S/C11H14ClN3O2/c12-10-4-3-8(6-13-10)14-11(17)15-5-1-2-9(15)7-16/h3-4,6,9,16H,1-2,5,7H2,(H,14,17)/t9-/m0/s1. The van der Waals surface area contributed by atoms with E-state index in [0.29, 0.717) is 17.4 Å². The highest BCUT2D eigenvalue weighted by atomic mass is 35.5. The molecule has 0 bridgehead atoms. The van der Waals surface area contributed by atoms with Gasteiger partial charge in [0, 0.05) is 6.54 Å². The molecule has 0 saturated carbocycles. The first-order chi connectivity index (χ1) is 8.20. The Morgan fingerprint density at radius 3 is 3.12 bits per heavy atom. The minimum Gasteiger partial charge on any atom is -0.394 e.